The highest BCUT2D eigenvalue weighted by Gasteiger charge is 2.28. The molecule has 0 bridgehead atoms. The first kappa shape index (κ1) is 21.5. The Morgan fingerprint density at radius 2 is 1.53 bits per heavy atom. The predicted molar refractivity (Wildman–Crippen MR) is 121 cm³/mol. The van der Waals surface area contributed by atoms with Gasteiger partial charge < -0.3 is 19.2 Å². The monoisotopic (exact) mass is 450 g/mol. The molecule has 0 fully saturated rings. The van der Waals surface area contributed by atoms with Gasteiger partial charge in [0.15, 0.2) is 11.5 Å². The lowest BCUT2D eigenvalue weighted by Crippen LogP contribution is -2.07. The molecule has 1 N–H and O–H groups in total. The Kier molecular flexibility index (Phi) is 6.13. The normalized spacial score (nSPS) is 11.2. The van der Waals surface area contributed by atoms with E-state index < -0.39 is 9.84 Å². The van der Waals surface area contributed by atoms with Crippen molar-refractivity contribution in [2.24, 2.45) is 0 Å². The number of benzene rings is 3. The molecule has 32 heavy (non-hydrogen) atoms. The second kappa shape index (κ2) is 9.15. The number of hydrogen-bond acceptors (Lipinski definition) is 7. The minimum atomic E-state index is -3.91. The number of ether oxygens (including phenoxy) is 2. The van der Waals surface area contributed by atoms with Gasteiger partial charge >= 0.3 is 0 Å². The van der Waals surface area contributed by atoms with Crippen molar-refractivity contribution in [1.29, 1.82) is 0 Å². The Morgan fingerprint density at radius 3 is 2.19 bits per heavy atom. The maximum atomic E-state index is 13.3. The SMILES string of the molecule is COc1ccc(-c2nc(S(=O)(=O)c3ccccc3)c(NCc3ccccc3)o2)cc1OC. The Morgan fingerprint density at radius 1 is 0.875 bits per heavy atom. The van der Waals surface area contributed by atoms with Crippen LogP contribution in [0.4, 0.5) is 5.88 Å². The fourth-order valence-corrected chi connectivity index (χ4v) is 4.48. The molecule has 3 aromatic carbocycles. The first-order chi connectivity index (χ1) is 15.5. The van der Waals surface area contributed by atoms with Crippen molar-refractivity contribution in [3.05, 3.63) is 84.4 Å². The average Bonchev–Trinajstić information content (AvgIpc) is 3.28. The van der Waals surface area contributed by atoms with E-state index in [2.05, 4.69) is 10.3 Å². The number of oxazole rings is 1. The number of methoxy groups -OCH3 is 2. The van der Waals surface area contributed by atoms with Crippen LogP contribution in [0.5, 0.6) is 11.5 Å². The Balaban J connectivity index is 1.78. The molecular formula is C24H22N2O5S. The molecule has 0 aliphatic carbocycles. The van der Waals surface area contributed by atoms with Crippen LogP contribution in [0.2, 0.25) is 0 Å². The molecule has 0 unspecified atom stereocenters. The van der Waals surface area contributed by atoms with Crippen molar-refractivity contribution >= 4 is 15.7 Å². The van der Waals surface area contributed by atoms with Gasteiger partial charge in [-0.3, -0.25) is 0 Å². The summed E-state index contributed by atoms with van der Waals surface area (Å²) in [4.78, 5) is 4.49. The largest absolute Gasteiger partial charge is 0.493 e. The van der Waals surface area contributed by atoms with Crippen LogP contribution in [-0.4, -0.2) is 27.6 Å². The Bertz CT molecular complexity index is 1300. The second-order valence-electron chi connectivity index (χ2n) is 6.88. The third-order valence-electron chi connectivity index (χ3n) is 4.83. The molecule has 1 heterocycles. The molecule has 0 radical (unpaired) electrons. The van der Waals surface area contributed by atoms with E-state index in [1.807, 2.05) is 30.3 Å². The molecule has 0 amide bonds. The van der Waals surface area contributed by atoms with Crippen molar-refractivity contribution in [3.63, 3.8) is 0 Å². The van der Waals surface area contributed by atoms with E-state index in [-0.39, 0.29) is 21.7 Å². The fraction of sp³-hybridized carbons (Fsp3) is 0.125. The van der Waals surface area contributed by atoms with E-state index in [1.54, 1.807) is 43.5 Å². The highest BCUT2D eigenvalue weighted by molar-refractivity contribution is 7.91. The van der Waals surface area contributed by atoms with E-state index in [0.29, 0.717) is 23.6 Å². The van der Waals surface area contributed by atoms with Gasteiger partial charge in [0.1, 0.15) is 0 Å². The summed E-state index contributed by atoms with van der Waals surface area (Å²) < 4.78 is 43.2. The molecule has 4 rings (SSSR count). The lowest BCUT2D eigenvalue weighted by Gasteiger charge is -2.07. The molecule has 1 aromatic heterocycles. The van der Waals surface area contributed by atoms with Gasteiger partial charge in [-0.05, 0) is 35.9 Å². The number of anilines is 1. The summed E-state index contributed by atoms with van der Waals surface area (Å²) in [6.07, 6.45) is 0. The third kappa shape index (κ3) is 4.31. The lowest BCUT2D eigenvalue weighted by molar-refractivity contribution is 0.355. The van der Waals surface area contributed by atoms with Crippen molar-refractivity contribution in [3.8, 4) is 23.0 Å². The number of rotatable bonds is 8. The quantitative estimate of drug-likeness (QED) is 0.412. The minimum absolute atomic E-state index is 0.0718. The summed E-state index contributed by atoms with van der Waals surface area (Å²) in [6, 6.07) is 22.9. The molecule has 4 aromatic rings. The summed E-state index contributed by atoms with van der Waals surface area (Å²) >= 11 is 0. The van der Waals surface area contributed by atoms with E-state index >= 15 is 0 Å². The van der Waals surface area contributed by atoms with Gasteiger partial charge in [-0.1, -0.05) is 48.5 Å². The van der Waals surface area contributed by atoms with Crippen LogP contribution >= 0.6 is 0 Å². The smallest absolute Gasteiger partial charge is 0.234 e. The van der Waals surface area contributed by atoms with Crippen molar-refractivity contribution in [2.75, 3.05) is 19.5 Å². The molecule has 8 heteroatoms. The van der Waals surface area contributed by atoms with Crippen molar-refractivity contribution in [1.82, 2.24) is 4.98 Å². The third-order valence-corrected chi connectivity index (χ3v) is 6.51. The van der Waals surface area contributed by atoms with Gasteiger partial charge in [0.2, 0.25) is 26.6 Å². The molecule has 7 nitrogen and oxygen atoms in total. The molecule has 0 aliphatic rings. The van der Waals surface area contributed by atoms with Crippen LogP contribution < -0.4 is 14.8 Å². The summed E-state index contributed by atoms with van der Waals surface area (Å²) in [5.41, 5.74) is 1.53. The van der Waals surface area contributed by atoms with Gasteiger partial charge in [0, 0.05) is 12.1 Å². The lowest BCUT2D eigenvalue weighted by atomic mass is 10.2. The maximum Gasteiger partial charge on any atom is 0.234 e. The predicted octanol–water partition coefficient (Wildman–Crippen LogP) is 4.80. The number of nitrogens with one attached hydrogen (secondary N) is 1. The molecule has 0 atom stereocenters. The maximum absolute atomic E-state index is 13.3. The fourth-order valence-electron chi connectivity index (χ4n) is 3.18. The standard InChI is InChI=1S/C24H22N2O5S/c1-29-20-14-13-18(15-21(20)30-2)22-26-24(32(27,28)19-11-7-4-8-12-19)23(31-22)25-16-17-9-5-3-6-10-17/h3-15,25H,16H2,1-2H3. The number of hydrogen-bond donors (Lipinski definition) is 1. The van der Waals surface area contributed by atoms with Crippen LogP contribution in [0.25, 0.3) is 11.5 Å². The molecule has 0 aliphatic heterocycles. The number of aromatic nitrogens is 1. The molecule has 0 saturated carbocycles. The molecule has 0 spiro atoms. The van der Waals surface area contributed by atoms with Crippen LogP contribution in [-0.2, 0) is 16.4 Å². The zero-order valence-electron chi connectivity index (χ0n) is 17.6. The van der Waals surface area contributed by atoms with E-state index in [0.717, 1.165) is 5.56 Å². The topological polar surface area (TPSA) is 90.7 Å². The summed E-state index contributed by atoms with van der Waals surface area (Å²) in [7, 11) is -0.849. The average molecular weight is 451 g/mol. The van der Waals surface area contributed by atoms with Crippen LogP contribution in [0, 0.1) is 0 Å². The Hall–Kier alpha value is -3.78. The van der Waals surface area contributed by atoms with Crippen LogP contribution in [0.3, 0.4) is 0 Å². The van der Waals surface area contributed by atoms with Gasteiger partial charge in [-0.15, -0.1) is 0 Å². The van der Waals surface area contributed by atoms with Crippen molar-refractivity contribution in [2.45, 2.75) is 16.5 Å². The summed E-state index contributed by atoms with van der Waals surface area (Å²) in [5.74, 6) is 1.25. The molecule has 164 valence electrons. The first-order valence-electron chi connectivity index (χ1n) is 9.84. The van der Waals surface area contributed by atoms with E-state index in [9.17, 15) is 8.42 Å². The number of nitrogens with zero attached hydrogens (tertiary/aromatic N) is 1. The number of sulfone groups is 1. The van der Waals surface area contributed by atoms with Gasteiger partial charge in [-0.25, -0.2) is 8.42 Å². The van der Waals surface area contributed by atoms with Crippen LogP contribution in [0.1, 0.15) is 5.56 Å². The highest BCUT2D eigenvalue weighted by Crippen LogP contribution is 2.36. The molecular weight excluding hydrogens is 428 g/mol. The van der Waals surface area contributed by atoms with Crippen molar-refractivity contribution < 1.29 is 22.3 Å². The Labute approximate surface area is 186 Å². The van der Waals surface area contributed by atoms with Gasteiger partial charge in [0.05, 0.1) is 19.1 Å². The van der Waals surface area contributed by atoms with Gasteiger partial charge in [-0.2, -0.15) is 4.98 Å². The van der Waals surface area contributed by atoms with Gasteiger partial charge in [0.25, 0.3) is 0 Å². The summed E-state index contributed by atoms with van der Waals surface area (Å²) in [5, 5.41) is 2.91. The highest BCUT2D eigenvalue weighted by atomic mass is 32.2. The van der Waals surface area contributed by atoms with E-state index in [1.165, 1.54) is 19.2 Å². The molecule has 0 saturated heterocycles. The minimum Gasteiger partial charge on any atom is -0.493 e. The zero-order valence-corrected chi connectivity index (χ0v) is 18.4. The van der Waals surface area contributed by atoms with Crippen LogP contribution in [0.15, 0.2) is 93.2 Å². The summed E-state index contributed by atoms with van der Waals surface area (Å²) in [6.45, 7) is 0.374. The van der Waals surface area contributed by atoms with E-state index in [4.69, 9.17) is 13.9 Å². The first-order valence-corrected chi connectivity index (χ1v) is 11.3. The zero-order chi connectivity index (χ0) is 22.6. The second-order valence-corrected chi connectivity index (χ2v) is 8.74.